The summed E-state index contributed by atoms with van der Waals surface area (Å²) < 4.78 is 5.13. The van der Waals surface area contributed by atoms with Crippen molar-refractivity contribution in [2.45, 2.75) is 64.6 Å². The van der Waals surface area contributed by atoms with Crippen molar-refractivity contribution in [1.82, 2.24) is 5.32 Å². The minimum atomic E-state index is -0.747. The smallest absolute Gasteiger partial charge is 0.407 e. The Morgan fingerprint density at radius 2 is 1.94 bits per heavy atom. The summed E-state index contributed by atoms with van der Waals surface area (Å²) in [5.41, 5.74) is -1.24. The summed E-state index contributed by atoms with van der Waals surface area (Å²) in [6, 6.07) is 0. The number of alkyl carbamates (subject to hydrolysis) is 1. The van der Waals surface area contributed by atoms with E-state index in [0.717, 1.165) is 25.7 Å². The van der Waals surface area contributed by atoms with E-state index >= 15 is 0 Å². The van der Waals surface area contributed by atoms with Gasteiger partial charge in [-0.15, -0.1) is 0 Å². The second kappa shape index (κ2) is 5.25. The lowest BCUT2D eigenvalue weighted by atomic mass is 9.79. The Labute approximate surface area is 104 Å². The molecule has 0 bridgehead atoms. The Balaban J connectivity index is 2.32. The predicted octanol–water partition coefficient (Wildman–Crippen LogP) is 2.45. The van der Waals surface area contributed by atoms with Crippen LogP contribution in [0.15, 0.2) is 0 Å². The van der Waals surface area contributed by atoms with Crippen LogP contribution in [0.4, 0.5) is 4.79 Å². The van der Waals surface area contributed by atoms with Crippen molar-refractivity contribution < 1.29 is 14.6 Å². The number of nitrogens with one attached hydrogen (secondary N) is 1. The Hall–Kier alpha value is -0.770. The van der Waals surface area contributed by atoms with Crippen molar-refractivity contribution in [1.29, 1.82) is 0 Å². The zero-order valence-corrected chi connectivity index (χ0v) is 11.4. The van der Waals surface area contributed by atoms with E-state index in [-0.39, 0.29) is 6.54 Å². The molecule has 1 aliphatic rings. The summed E-state index contributed by atoms with van der Waals surface area (Å²) >= 11 is 0. The lowest BCUT2D eigenvalue weighted by Gasteiger charge is -2.35. The molecular weight excluding hydrogens is 218 g/mol. The molecule has 0 unspecified atom stereocenters. The molecule has 0 heterocycles. The van der Waals surface area contributed by atoms with Crippen LogP contribution in [0.1, 0.15) is 53.4 Å². The largest absolute Gasteiger partial charge is 0.444 e. The molecule has 4 nitrogen and oxygen atoms in total. The van der Waals surface area contributed by atoms with Crippen molar-refractivity contribution in [2.75, 3.05) is 6.54 Å². The highest BCUT2D eigenvalue weighted by Gasteiger charge is 2.32. The maximum absolute atomic E-state index is 11.5. The van der Waals surface area contributed by atoms with Gasteiger partial charge in [-0.3, -0.25) is 0 Å². The van der Waals surface area contributed by atoms with Crippen LogP contribution in [0.3, 0.4) is 0 Å². The third kappa shape index (κ3) is 5.39. The van der Waals surface area contributed by atoms with Gasteiger partial charge in [0.1, 0.15) is 5.60 Å². The highest BCUT2D eigenvalue weighted by Crippen LogP contribution is 2.31. The Kier molecular flexibility index (Phi) is 4.42. The number of hydrogen-bond acceptors (Lipinski definition) is 3. The zero-order chi connectivity index (χ0) is 13.1. The summed E-state index contributed by atoms with van der Waals surface area (Å²) in [6.07, 6.45) is 3.09. The maximum Gasteiger partial charge on any atom is 0.407 e. The average molecular weight is 243 g/mol. The highest BCUT2D eigenvalue weighted by atomic mass is 16.6. The maximum atomic E-state index is 11.5. The first-order valence-electron chi connectivity index (χ1n) is 6.39. The number of aliphatic hydroxyl groups is 1. The molecule has 0 radical (unpaired) electrons. The van der Waals surface area contributed by atoms with Gasteiger partial charge in [0.05, 0.1) is 5.60 Å². The van der Waals surface area contributed by atoms with E-state index in [2.05, 4.69) is 12.2 Å². The molecule has 100 valence electrons. The lowest BCUT2D eigenvalue weighted by Crippen LogP contribution is -2.46. The van der Waals surface area contributed by atoms with Crippen molar-refractivity contribution in [2.24, 2.45) is 5.92 Å². The van der Waals surface area contributed by atoms with Gasteiger partial charge in [-0.2, -0.15) is 0 Å². The molecule has 1 saturated carbocycles. The molecular formula is C13H25NO3. The van der Waals surface area contributed by atoms with E-state index in [4.69, 9.17) is 4.74 Å². The Morgan fingerprint density at radius 3 is 2.41 bits per heavy atom. The third-order valence-corrected chi connectivity index (χ3v) is 3.17. The van der Waals surface area contributed by atoms with Crippen molar-refractivity contribution >= 4 is 6.09 Å². The fourth-order valence-corrected chi connectivity index (χ4v) is 2.03. The standard InChI is InChI=1S/C13H25NO3/c1-10-5-7-13(16,8-6-10)9-14-11(15)17-12(2,3)4/h10,16H,5-9H2,1-4H3,(H,14,15)/t10-,13-. The van der Waals surface area contributed by atoms with Crippen LogP contribution in [-0.4, -0.2) is 28.9 Å². The fraction of sp³-hybridized carbons (Fsp3) is 0.923. The number of hydrogen-bond donors (Lipinski definition) is 2. The van der Waals surface area contributed by atoms with E-state index in [0.29, 0.717) is 5.92 Å². The number of ether oxygens (including phenoxy) is 1. The fourth-order valence-electron chi connectivity index (χ4n) is 2.03. The topological polar surface area (TPSA) is 58.6 Å². The molecule has 0 atom stereocenters. The molecule has 1 aliphatic carbocycles. The molecule has 17 heavy (non-hydrogen) atoms. The molecule has 1 amide bonds. The molecule has 2 N–H and O–H groups in total. The third-order valence-electron chi connectivity index (χ3n) is 3.17. The Bertz CT molecular complexity index is 262. The monoisotopic (exact) mass is 243 g/mol. The second-order valence-corrected chi connectivity index (χ2v) is 6.26. The second-order valence-electron chi connectivity index (χ2n) is 6.26. The van der Waals surface area contributed by atoms with Crippen LogP contribution < -0.4 is 5.32 Å². The summed E-state index contributed by atoms with van der Waals surface area (Å²) in [4.78, 5) is 11.5. The van der Waals surface area contributed by atoms with Gasteiger partial charge in [0.15, 0.2) is 0 Å². The van der Waals surface area contributed by atoms with E-state index in [9.17, 15) is 9.90 Å². The molecule has 4 heteroatoms. The van der Waals surface area contributed by atoms with Crippen LogP contribution >= 0.6 is 0 Å². The minimum absolute atomic E-state index is 0.286. The van der Waals surface area contributed by atoms with Crippen molar-refractivity contribution in [3.05, 3.63) is 0 Å². The molecule has 0 spiro atoms. The number of rotatable bonds is 2. The summed E-state index contributed by atoms with van der Waals surface area (Å²) in [6.45, 7) is 7.95. The quantitative estimate of drug-likeness (QED) is 0.783. The summed E-state index contributed by atoms with van der Waals surface area (Å²) in [5, 5.41) is 12.9. The molecule has 0 aromatic rings. The van der Waals surface area contributed by atoms with Crippen molar-refractivity contribution in [3.63, 3.8) is 0 Å². The first-order valence-corrected chi connectivity index (χ1v) is 6.39. The number of carbonyl (C=O) groups excluding carboxylic acids is 1. The molecule has 1 fully saturated rings. The van der Waals surface area contributed by atoms with Gasteiger partial charge in [0, 0.05) is 6.54 Å². The van der Waals surface area contributed by atoms with Gasteiger partial charge in [0.2, 0.25) is 0 Å². The normalized spacial score (nSPS) is 29.8. The van der Waals surface area contributed by atoms with Gasteiger partial charge in [-0.1, -0.05) is 6.92 Å². The first-order chi connectivity index (χ1) is 7.70. The van der Waals surface area contributed by atoms with Crippen LogP contribution in [0.5, 0.6) is 0 Å². The SMILES string of the molecule is CC(C)(C)OC(=O)NC[C@]1(O)CC[C@H](C)CC1. The number of carbonyl (C=O) groups is 1. The van der Waals surface area contributed by atoms with Gasteiger partial charge < -0.3 is 15.2 Å². The summed E-state index contributed by atoms with van der Waals surface area (Å²) in [5.74, 6) is 0.678. The van der Waals surface area contributed by atoms with Gasteiger partial charge in [-0.05, 0) is 52.4 Å². The lowest BCUT2D eigenvalue weighted by molar-refractivity contribution is -0.0107. The number of amides is 1. The van der Waals surface area contributed by atoms with Crippen LogP contribution in [0.25, 0.3) is 0 Å². The average Bonchev–Trinajstić information content (AvgIpc) is 2.18. The van der Waals surface area contributed by atoms with Gasteiger partial charge in [0.25, 0.3) is 0 Å². The van der Waals surface area contributed by atoms with Crippen LogP contribution in [0.2, 0.25) is 0 Å². The molecule has 0 saturated heterocycles. The van der Waals surface area contributed by atoms with Crippen LogP contribution in [0, 0.1) is 5.92 Å². The molecule has 0 aliphatic heterocycles. The van der Waals surface area contributed by atoms with E-state index in [1.165, 1.54) is 0 Å². The highest BCUT2D eigenvalue weighted by molar-refractivity contribution is 5.67. The first kappa shape index (κ1) is 14.3. The van der Waals surface area contributed by atoms with E-state index < -0.39 is 17.3 Å². The van der Waals surface area contributed by atoms with Crippen LogP contribution in [-0.2, 0) is 4.74 Å². The minimum Gasteiger partial charge on any atom is -0.444 e. The molecule has 0 aromatic carbocycles. The Morgan fingerprint density at radius 1 is 1.41 bits per heavy atom. The van der Waals surface area contributed by atoms with E-state index in [1.807, 2.05) is 20.8 Å². The molecule has 1 rings (SSSR count). The van der Waals surface area contributed by atoms with E-state index in [1.54, 1.807) is 0 Å². The summed E-state index contributed by atoms with van der Waals surface area (Å²) in [7, 11) is 0. The van der Waals surface area contributed by atoms with Gasteiger partial charge >= 0.3 is 6.09 Å². The van der Waals surface area contributed by atoms with Gasteiger partial charge in [-0.25, -0.2) is 4.79 Å². The molecule has 0 aromatic heterocycles. The van der Waals surface area contributed by atoms with Crippen molar-refractivity contribution in [3.8, 4) is 0 Å². The predicted molar refractivity (Wildman–Crippen MR) is 66.8 cm³/mol. The zero-order valence-electron chi connectivity index (χ0n) is 11.4.